The van der Waals surface area contributed by atoms with E-state index in [4.69, 9.17) is 0 Å². The zero-order chi connectivity index (χ0) is 12.8. The molecule has 0 saturated heterocycles. The van der Waals surface area contributed by atoms with Crippen LogP contribution < -0.4 is 5.56 Å². The molecule has 2 unspecified atom stereocenters. The number of nitrogens with one attached hydrogen (secondary N) is 1. The molecule has 1 heterocycles. The first-order chi connectivity index (χ1) is 8.02. The van der Waals surface area contributed by atoms with Crippen LogP contribution >= 0.6 is 11.8 Å². The molecule has 0 spiro atoms. The summed E-state index contributed by atoms with van der Waals surface area (Å²) >= 11 is 1.08. The SMILES string of the molecule is CC(=O)SCCC(O)C(O)c1ccc[nH]c1=O. The van der Waals surface area contributed by atoms with E-state index in [0.29, 0.717) is 5.75 Å². The zero-order valence-corrected chi connectivity index (χ0v) is 10.2. The van der Waals surface area contributed by atoms with Gasteiger partial charge in [0.25, 0.3) is 5.56 Å². The number of pyridine rings is 1. The lowest BCUT2D eigenvalue weighted by molar-refractivity contribution is -0.109. The van der Waals surface area contributed by atoms with Crippen molar-refractivity contribution >= 4 is 16.9 Å². The van der Waals surface area contributed by atoms with Gasteiger partial charge >= 0.3 is 0 Å². The van der Waals surface area contributed by atoms with Gasteiger partial charge in [0.1, 0.15) is 6.10 Å². The summed E-state index contributed by atoms with van der Waals surface area (Å²) in [5.74, 6) is 0.415. The van der Waals surface area contributed by atoms with Crippen LogP contribution in [0.25, 0.3) is 0 Å². The molecule has 17 heavy (non-hydrogen) atoms. The lowest BCUT2D eigenvalue weighted by Gasteiger charge is -2.16. The first kappa shape index (κ1) is 14.0. The van der Waals surface area contributed by atoms with E-state index in [1.54, 1.807) is 6.07 Å². The fourth-order valence-electron chi connectivity index (χ4n) is 1.36. The van der Waals surface area contributed by atoms with Crippen LogP contribution in [-0.4, -0.2) is 32.2 Å². The Morgan fingerprint density at radius 1 is 1.53 bits per heavy atom. The fraction of sp³-hybridized carbons (Fsp3) is 0.455. The van der Waals surface area contributed by atoms with Crippen molar-refractivity contribution in [1.82, 2.24) is 4.98 Å². The van der Waals surface area contributed by atoms with Crippen molar-refractivity contribution in [2.24, 2.45) is 0 Å². The molecule has 6 heteroatoms. The van der Waals surface area contributed by atoms with Gasteiger partial charge in [0.05, 0.1) is 6.10 Å². The molecule has 1 rings (SSSR count). The number of hydrogen-bond donors (Lipinski definition) is 3. The van der Waals surface area contributed by atoms with Crippen LogP contribution in [0.2, 0.25) is 0 Å². The predicted octanol–water partition coefficient (Wildman–Crippen LogP) is 0.439. The summed E-state index contributed by atoms with van der Waals surface area (Å²) in [7, 11) is 0. The maximum atomic E-state index is 11.4. The molecule has 94 valence electrons. The normalized spacial score (nSPS) is 14.3. The third-order valence-electron chi connectivity index (χ3n) is 2.25. The smallest absolute Gasteiger partial charge is 0.253 e. The molecular formula is C11H15NO4S. The molecule has 0 bridgehead atoms. The molecule has 1 aromatic heterocycles. The minimum Gasteiger partial charge on any atom is -0.390 e. The second kappa shape index (κ2) is 6.58. The van der Waals surface area contributed by atoms with E-state index in [0.717, 1.165) is 11.8 Å². The Bertz CT molecular complexity index is 431. The van der Waals surface area contributed by atoms with Gasteiger partial charge in [-0.2, -0.15) is 0 Å². The molecule has 3 N–H and O–H groups in total. The van der Waals surface area contributed by atoms with Gasteiger partial charge in [-0.25, -0.2) is 0 Å². The van der Waals surface area contributed by atoms with Gasteiger partial charge in [-0.05, 0) is 18.6 Å². The maximum absolute atomic E-state index is 11.4. The number of carbonyl (C=O) groups excluding carboxylic acids is 1. The van der Waals surface area contributed by atoms with Crippen molar-refractivity contribution in [1.29, 1.82) is 0 Å². The summed E-state index contributed by atoms with van der Waals surface area (Å²) in [4.78, 5) is 24.5. The number of rotatable bonds is 5. The number of aromatic nitrogens is 1. The van der Waals surface area contributed by atoms with Crippen LogP contribution in [0.1, 0.15) is 25.0 Å². The summed E-state index contributed by atoms with van der Waals surface area (Å²) in [5.41, 5.74) is -0.286. The minimum absolute atomic E-state index is 0.0377. The summed E-state index contributed by atoms with van der Waals surface area (Å²) in [6.07, 6.45) is -0.575. The molecule has 0 amide bonds. The summed E-state index contributed by atoms with van der Waals surface area (Å²) < 4.78 is 0. The molecule has 0 aromatic carbocycles. The Morgan fingerprint density at radius 2 is 2.24 bits per heavy atom. The van der Waals surface area contributed by atoms with Gasteiger partial charge in [0.15, 0.2) is 5.12 Å². The Hall–Kier alpha value is -1.11. The number of hydrogen-bond acceptors (Lipinski definition) is 5. The van der Waals surface area contributed by atoms with E-state index in [2.05, 4.69) is 4.98 Å². The number of carbonyl (C=O) groups is 1. The van der Waals surface area contributed by atoms with Gasteiger partial charge in [-0.1, -0.05) is 11.8 Å². The van der Waals surface area contributed by atoms with Crippen molar-refractivity contribution in [2.75, 3.05) is 5.75 Å². The summed E-state index contributed by atoms with van der Waals surface area (Å²) in [5, 5.41) is 19.4. The van der Waals surface area contributed by atoms with Gasteiger partial charge in [-0.3, -0.25) is 9.59 Å². The monoisotopic (exact) mass is 257 g/mol. The fourth-order valence-corrected chi connectivity index (χ4v) is 2.00. The van der Waals surface area contributed by atoms with Crippen LogP contribution in [0.5, 0.6) is 0 Å². The highest BCUT2D eigenvalue weighted by atomic mass is 32.2. The average Bonchev–Trinajstić information content (AvgIpc) is 2.28. The standard InChI is InChI=1S/C11H15NO4S/c1-7(13)17-6-4-9(14)10(15)8-3-2-5-12-11(8)16/h2-3,5,9-10,14-15H,4,6H2,1H3,(H,12,16). The average molecular weight is 257 g/mol. The van der Waals surface area contributed by atoms with Gasteiger partial charge in [0, 0.05) is 24.4 Å². The molecule has 0 fully saturated rings. The Labute approximate surface area is 103 Å². The number of aliphatic hydroxyl groups excluding tert-OH is 2. The zero-order valence-electron chi connectivity index (χ0n) is 9.42. The molecule has 0 aliphatic rings. The van der Waals surface area contributed by atoms with E-state index in [1.807, 2.05) is 0 Å². The topological polar surface area (TPSA) is 90.4 Å². The number of H-pyrrole nitrogens is 1. The van der Waals surface area contributed by atoms with E-state index in [-0.39, 0.29) is 17.1 Å². The molecule has 1 aromatic rings. The lowest BCUT2D eigenvalue weighted by Crippen LogP contribution is -2.25. The molecule has 5 nitrogen and oxygen atoms in total. The highest BCUT2D eigenvalue weighted by Crippen LogP contribution is 2.17. The Kier molecular flexibility index (Phi) is 5.40. The highest BCUT2D eigenvalue weighted by molar-refractivity contribution is 8.13. The van der Waals surface area contributed by atoms with Gasteiger partial charge in [0.2, 0.25) is 0 Å². The third-order valence-corrected chi connectivity index (χ3v) is 3.10. The molecule has 2 atom stereocenters. The van der Waals surface area contributed by atoms with Gasteiger partial charge in [-0.15, -0.1) is 0 Å². The Balaban J connectivity index is 2.58. The summed E-state index contributed by atoms with van der Waals surface area (Å²) in [6.45, 7) is 1.44. The predicted molar refractivity (Wildman–Crippen MR) is 65.8 cm³/mol. The van der Waals surface area contributed by atoms with Gasteiger partial charge < -0.3 is 15.2 Å². The molecular weight excluding hydrogens is 242 g/mol. The maximum Gasteiger partial charge on any atom is 0.253 e. The Morgan fingerprint density at radius 3 is 2.82 bits per heavy atom. The summed E-state index contributed by atoms with van der Waals surface area (Å²) in [6, 6.07) is 3.04. The van der Waals surface area contributed by atoms with Crippen molar-refractivity contribution in [3.8, 4) is 0 Å². The van der Waals surface area contributed by atoms with Crippen molar-refractivity contribution in [3.63, 3.8) is 0 Å². The van der Waals surface area contributed by atoms with Crippen LogP contribution in [0.3, 0.4) is 0 Å². The van der Waals surface area contributed by atoms with Crippen LogP contribution in [-0.2, 0) is 4.79 Å². The second-order valence-corrected chi connectivity index (χ2v) is 4.87. The van der Waals surface area contributed by atoms with Crippen molar-refractivity contribution in [3.05, 3.63) is 34.2 Å². The molecule has 0 aliphatic heterocycles. The molecule has 0 saturated carbocycles. The first-order valence-corrected chi connectivity index (χ1v) is 6.18. The van der Waals surface area contributed by atoms with Crippen LogP contribution in [0.15, 0.2) is 23.1 Å². The quantitative estimate of drug-likeness (QED) is 0.712. The van der Waals surface area contributed by atoms with Crippen molar-refractivity contribution < 1.29 is 15.0 Å². The second-order valence-electron chi connectivity index (χ2n) is 3.60. The number of aliphatic hydroxyl groups is 2. The van der Waals surface area contributed by atoms with Crippen LogP contribution in [0.4, 0.5) is 0 Å². The number of aromatic amines is 1. The number of thioether (sulfide) groups is 1. The lowest BCUT2D eigenvalue weighted by atomic mass is 10.0. The third kappa shape index (κ3) is 4.33. The molecule has 0 radical (unpaired) electrons. The highest BCUT2D eigenvalue weighted by Gasteiger charge is 2.20. The van der Waals surface area contributed by atoms with E-state index in [9.17, 15) is 19.8 Å². The van der Waals surface area contributed by atoms with E-state index in [1.165, 1.54) is 19.2 Å². The van der Waals surface area contributed by atoms with Crippen molar-refractivity contribution in [2.45, 2.75) is 25.6 Å². The largest absolute Gasteiger partial charge is 0.390 e. The van der Waals surface area contributed by atoms with E-state index >= 15 is 0 Å². The molecule has 0 aliphatic carbocycles. The van der Waals surface area contributed by atoms with Crippen LogP contribution in [0, 0.1) is 0 Å². The minimum atomic E-state index is -1.23. The first-order valence-electron chi connectivity index (χ1n) is 5.19. The van der Waals surface area contributed by atoms with E-state index < -0.39 is 17.8 Å².